The van der Waals surface area contributed by atoms with Gasteiger partial charge < -0.3 is 39.5 Å². The molecule has 1 aliphatic heterocycles. The van der Waals surface area contributed by atoms with Crippen LogP contribution in [0.2, 0.25) is 0 Å². The Labute approximate surface area is 413 Å². The smallest absolute Gasteiger partial charge is 0.412 e. The molecule has 71 heavy (non-hydrogen) atoms. The molecule has 1 saturated carbocycles. The van der Waals surface area contributed by atoms with Crippen molar-refractivity contribution in [2.45, 2.75) is 82.8 Å². The fraction of sp³-hybridized carbons (Fsp3) is 0.357. The molecular weight excluding hydrogens is 903 g/mol. The van der Waals surface area contributed by atoms with E-state index in [0.717, 1.165) is 33.9 Å². The van der Waals surface area contributed by atoms with Crippen LogP contribution in [0.15, 0.2) is 139 Å². The maximum absolute atomic E-state index is 15.7. The van der Waals surface area contributed by atoms with Gasteiger partial charge in [0, 0.05) is 61.9 Å². The van der Waals surface area contributed by atoms with Crippen LogP contribution in [0.5, 0.6) is 11.5 Å². The van der Waals surface area contributed by atoms with Gasteiger partial charge in [0.25, 0.3) is 11.6 Å². The average Bonchev–Trinajstić information content (AvgIpc) is 3.38. The molecule has 0 saturated heterocycles. The summed E-state index contributed by atoms with van der Waals surface area (Å²) in [4.78, 5) is 47.6. The van der Waals surface area contributed by atoms with Crippen molar-refractivity contribution in [3.63, 3.8) is 0 Å². The number of oxime groups is 1. The first-order chi connectivity index (χ1) is 34.6. The molecule has 5 aromatic carbocycles. The molecule has 6 atom stereocenters. The third-order valence-electron chi connectivity index (χ3n) is 13.8. The van der Waals surface area contributed by atoms with Gasteiger partial charge in [0.2, 0.25) is 5.79 Å². The van der Waals surface area contributed by atoms with Gasteiger partial charge >= 0.3 is 6.09 Å². The van der Waals surface area contributed by atoms with Gasteiger partial charge in [0.15, 0.2) is 0 Å². The van der Waals surface area contributed by atoms with Crippen LogP contribution >= 0.6 is 0 Å². The molecule has 8 rings (SSSR count). The van der Waals surface area contributed by atoms with Crippen LogP contribution in [0.4, 0.5) is 10.5 Å². The van der Waals surface area contributed by atoms with Crippen LogP contribution in [0.1, 0.15) is 90.4 Å². The Kier molecular flexibility index (Phi) is 16.2. The second-order valence-corrected chi connectivity index (χ2v) is 18.1. The lowest BCUT2D eigenvalue weighted by Gasteiger charge is -2.60. The van der Waals surface area contributed by atoms with Crippen molar-refractivity contribution >= 4 is 34.2 Å². The molecule has 2 amide bonds. The number of carbonyl (C=O) groups is 2. The Hall–Kier alpha value is -7.38. The van der Waals surface area contributed by atoms with Crippen molar-refractivity contribution in [2.75, 3.05) is 26.4 Å². The number of rotatable bonds is 21. The predicted molar refractivity (Wildman–Crippen MR) is 268 cm³/mol. The number of aliphatic hydroxyl groups is 2. The number of nitrogens with one attached hydrogen (secondary N) is 1. The highest BCUT2D eigenvalue weighted by Crippen LogP contribution is 2.62. The molecule has 3 N–H and O–H groups in total. The van der Waals surface area contributed by atoms with Gasteiger partial charge in [-0.2, -0.15) is 5.26 Å². The summed E-state index contributed by atoms with van der Waals surface area (Å²) in [5.74, 6) is -2.44. The van der Waals surface area contributed by atoms with Gasteiger partial charge in [-0.1, -0.05) is 72.6 Å². The average molecular weight is 962 g/mol. The molecule has 1 fully saturated rings. The first kappa shape index (κ1) is 50.0. The van der Waals surface area contributed by atoms with Gasteiger partial charge in [-0.05, 0) is 127 Å². The highest BCUT2D eigenvalue weighted by atomic mass is 16.7. The van der Waals surface area contributed by atoms with E-state index in [4.69, 9.17) is 24.2 Å². The molecule has 15 heteroatoms. The normalized spacial score (nSPS) is 21.4. The standard InChI is InChI=1S/C56H59N5O10/c1-3-30-68-56-51(60(54(64)40-22-18-37(34-57)19-23-40)35-42-15-11-14-39-12-5-6-16-45(39)42)33-49(59-69-36-38-20-24-43(25-21-38)61(66)67)47-31-41(13-7-9-28-62)46(17-8-10-29-63)52(53(47)56)48-32-44(26-27-50(48)71-56)70-55(65)58-4-2/h3,5-6,11-12,14-16,18-27,31-32,41,46,51-53,62-63H,1,4,7-10,13,17,28-30,33,35-36H2,2H3,(H,58,65)/t41-,46+,51-,52+,53+,56+/m0/s1. The minimum Gasteiger partial charge on any atom is -0.459 e. The number of fused-ring (bicyclic) bond motifs is 3. The van der Waals surface area contributed by atoms with E-state index in [1.807, 2.05) is 48.5 Å². The summed E-state index contributed by atoms with van der Waals surface area (Å²) in [7, 11) is 0. The molecule has 5 aromatic rings. The minimum absolute atomic E-state index is 0.0132. The highest BCUT2D eigenvalue weighted by Gasteiger charge is 2.65. The number of unbranched alkanes of at least 4 members (excludes halogenated alkanes) is 2. The number of aliphatic hydroxyl groups excluding tert-OH is 2. The van der Waals surface area contributed by atoms with E-state index in [-0.39, 0.29) is 62.8 Å². The Balaban J connectivity index is 1.38. The van der Waals surface area contributed by atoms with Crippen molar-refractivity contribution in [2.24, 2.45) is 22.9 Å². The van der Waals surface area contributed by atoms with E-state index < -0.39 is 34.7 Å². The number of nitrogens with zero attached hydrogens (tertiary/aromatic N) is 4. The molecule has 15 nitrogen and oxygen atoms in total. The second kappa shape index (κ2) is 23.0. The monoisotopic (exact) mass is 961 g/mol. The first-order valence-electron chi connectivity index (χ1n) is 24.3. The van der Waals surface area contributed by atoms with E-state index >= 15 is 4.79 Å². The number of nitriles is 1. The number of carbonyl (C=O) groups excluding carboxylic acids is 2. The number of hydrogen-bond donors (Lipinski definition) is 3. The van der Waals surface area contributed by atoms with Crippen LogP contribution in [-0.2, 0) is 22.7 Å². The van der Waals surface area contributed by atoms with Gasteiger partial charge in [-0.15, -0.1) is 6.58 Å². The zero-order valence-corrected chi connectivity index (χ0v) is 39.8. The van der Waals surface area contributed by atoms with Crippen molar-refractivity contribution in [3.8, 4) is 17.6 Å². The van der Waals surface area contributed by atoms with Crippen LogP contribution in [0.3, 0.4) is 0 Å². The van der Waals surface area contributed by atoms with E-state index in [9.17, 15) is 30.4 Å². The Morgan fingerprint density at radius 1 is 0.986 bits per heavy atom. The topological polar surface area (TPSA) is 206 Å². The minimum atomic E-state index is -1.62. The molecular formula is C56H59N5O10. The Morgan fingerprint density at radius 3 is 2.45 bits per heavy atom. The number of benzene rings is 5. The van der Waals surface area contributed by atoms with E-state index in [0.29, 0.717) is 72.5 Å². The van der Waals surface area contributed by atoms with Crippen LogP contribution in [-0.4, -0.2) is 75.9 Å². The Morgan fingerprint density at radius 2 is 1.73 bits per heavy atom. The summed E-state index contributed by atoms with van der Waals surface area (Å²) < 4.78 is 20.5. The van der Waals surface area contributed by atoms with E-state index in [1.54, 1.807) is 66.4 Å². The molecule has 0 bridgehead atoms. The van der Waals surface area contributed by atoms with Crippen molar-refractivity contribution < 1.29 is 43.8 Å². The summed E-state index contributed by atoms with van der Waals surface area (Å²) in [5.41, 5.74) is 4.31. The number of ether oxygens (including phenoxy) is 3. The lowest BCUT2D eigenvalue weighted by molar-refractivity contribution is -0.384. The number of allylic oxidation sites excluding steroid dienone is 1. The lowest BCUT2D eigenvalue weighted by Crippen LogP contribution is -2.70. The number of non-ortho nitro benzene ring substituents is 1. The zero-order chi connectivity index (χ0) is 49.9. The SMILES string of the molecule is C=CCO[C@@]12Oc3ccc(OC(=O)NCC)cc3[C@H]3[C@H](CCCCO)[C@@H](CCCCO)C=C(C(=NOCc4ccc([N+](=O)[O-])cc4)C[C@@H]1N(Cc1cccc4ccccc14)C(=O)c1ccc(C#N)cc1)[C@H]32. The molecule has 1 heterocycles. The van der Waals surface area contributed by atoms with Gasteiger partial charge in [0.1, 0.15) is 24.1 Å². The number of amides is 2. The summed E-state index contributed by atoms with van der Waals surface area (Å²) in [6.07, 6.45) is 7.35. The molecule has 3 aliphatic rings. The van der Waals surface area contributed by atoms with Crippen LogP contribution in [0, 0.1) is 39.2 Å². The largest absolute Gasteiger partial charge is 0.459 e. The predicted octanol–water partition coefficient (Wildman–Crippen LogP) is 9.90. The quantitative estimate of drug-likeness (QED) is 0.0273. The molecule has 0 unspecified atom stereocenters. The van der Waals surface area contributed by atoms with Crippen molar-refractivity contribution in [1.82, 2.24) is 10.2 Å². The summed E-state index contributed by atoms with van der Waals surface area (Å²) in [6, 6.07) is 33.1. The summed E-state index contributed by atoms with van der Waals surface area (Å²) in [6.45, 7) is 6.40. The van der Waals surface area contributed by atoms with Gasteiger partial charge in [0.05, 0.1) is 34.8 Å². The van der Waals surface area contributed by atoms with Crippen LogP contribution in [0.25, 0.3) is 10.8 Å². The maximum Gasteiger partial charge on any atom is 0.412 e. The first-order valence-corrected chi connectivity index (χ1v) is 24.3. The van der Waals surface area contributed by atoms with Crippen molar-refractivity contribution in [3.05, 3.63) is 171 Å². The molecule has 0 radical (unpaired) electrons. The molecule has 368 valence electrons. The number of nitro benzene ring substituents is 1. The number of hydrogen-bond acceptors (Lipinski definition) is 12. The maximum atomic E-state index is 15.7. The fourth-order valence-electron chi connectivity index (χ4n) is 10.7. The van der Waals surface area contributed by atoms with Crippen LogP contribution < -0.4 is 14.8 Å². The third-order valence-corrected chi connectivity index (χ3v) is 13.8. The van der Waals surface area contributed by atoms with E-state index in [1.165, 1.54) is 12.1 Å². The third kappa shape index (κ3) is 10.9. The molecule has 0 spiro atoms. The fourth-order valence-corrected chi connectivity index (χ4v) is 10.7. The van der Waals surface area contributed by atoms with Crippen molar-refractivity contribution in [1.29, 1.82) is 5.26 Å². The Bertz CT molecular complexity index is 2820. The lowest BCUT2D eigenvalue weighted by atomic mass is 9.55. The van der Waals surface area contributed by atoms with Gasteiger partial charge in [-0.25, -0.2) is 4.79 Å². The second-order valence-electron chi connectivity index (χ2n) is 18.1. The number of nitro groups is 1. The summed E-state index contributed by atoms with van der Waals surface area (Å²) in [5, 5.41) is 50.9. The highest BCUT2D eigenvalue weighted by molar-refractivity contribution is 6.03. The summed E-state index contributed by atoms with van der Waals surface area (Å²) >= 11 is 0. The van der Waals surface area contributed by atoms with Gasteiger partial charge in [-0.3, -0.25) is 14.9 Å². The van der Waals surface area contributed by atoms with E-state index in [2.05, 4.69) is 24.0 Å². The molecule has 2 aliphatic carbocycles. The zero-order valence-electron chi connectivity index (χ0n) is 39.8. The molecule has 0 aromatic heterocycles.